The Balaban J connectivity index is 0.000000837. The lowest BCUT2D eigenvalue weighted by Crippen LogP contribution is -2.38. The molecule has 1 aliphatic rings. The summed E-state index contributed by atoms with van der Waals surface area (Å²) in [6.45, 7) is 8.42. The number of ether oxygens (including phenoxy) is 4. The Kier molecular flexibility index (Phi) is 11.3. The summed E-state index contributed by atoms with van der Waals surface area (Å²) in [5.74, 6) is 1.41. The molecule has 1 aromatic carbocycles. The Morgan fingerprint density at radius 2 is 1.97 bits per heavy atom. The maximum Gasteiger partial charge on any atom is 0.306 e. The minimum Gasteiger partial charge on any atom is -0.493 e. The van der Waals surface area contributed by atoms with Gasteiger partial charge >= 0.3 is 5.97 Å². The maximum atomic E-state index is 11.2. The van der Waals surface area contributed by atoms with Crippen molar-refractivity contribution in [3.63, 3.8) is 0 Å². The van der Waals surface area contributed by atoms with Crippen LogP contribution in [-0.4, -0.2) is 45.0 Å². The van der Waals surface area contributed by atoms with Crippen molar-refractivity contribution < 1.29 is 28.2 Å². The van der Waals surface area contributed by atoms with Crippen molar-refractivity contribution in [2.24, 2.45) is 11.7 Å². The van der Waals surface area contributed by atoms with Gasteiger partial charge in [-0.3, -0.25) is 4.79 Å². The number of esters is 1. The fourth-order valence-corrected chi connectivity index (χ4v) is 3.09. The second-order valence-corrected chi connectivity index (χ2v) is 8.52. The highest BCUT2D eigenvalue weighted by Gasteiger charge is 2.28. The average molecular weight is 448 g/mol. The van der Waals surface area contributed by atoms with Gasteiger partial charge in [0.2, 0.25) is 0 Å². The number of hydrogen-bond donors (Lipinski definition) is 1. The standard InChI is InChI=1S/C21H27NO6.C4H10/c1-24-8-2-9-27-20-11-15(3-4-17(20)16-7-10-25-13-16)12-26-14-18(22)19-5-6-21(23)28-19;1-4(2)3/h3-4,7,10-11,13,18-19H,2,5-6,8-9,12,14,22H2,1H3;4H,1-3H3. The second kappa shape index (κ2) is 13.9. The van der Waals surface area contributed by atoms with Gasteiger partial charge in [-0.05, 0) is 30.0 Å². The molecule has 0 bridgehead atoms. The van der Waals surface area contributed by atoms with E-state index in [0.717, 1.165) is 34.8 Å². The Labute approximate surface area is 191 Å². The van der Waals surface area contributed by atoms with E-state index in [1.165, 1.54) is 0 Å². The van der Waals surface area contributed by atoms with E-state index in [9.17, 15) is 4.79 Å². The van der Waals surface area contributed by atoms with E-state index in [4.69, 9.17) is 29.1 Å². The smallest absolute Gasteiger partial charge is 0.306 e. The van der Waals surface area contributed by atoms with Crippen LogP contribution in [0.25, 0.3) is 11.1 Å². The number of benzene rings is 1. The third-order valence-electron chi connectivity index (χ3n) is 4.60. The molecule has 1 aromatic heterocycles. The van der Waals surface area contributed by atoms with E-state index in [1.807, 2.05) is 24.3 Å². The molecule has 1 fully saturated rings. The van der Waals surface area contributed by atoms with E-state index in [1.54, 1.807) is 19.6 Å². The van der Waals surface area contributed by atoms with Gasteiger partial charge in [0.05, 0.1) is 38.4 Å². The highest BCUT2D eigenvalue weighted by atomic mass is 16.6. The van der Waals surface area contributed by atoms with Gasteiger partial charge in [-0.2, -0.15) is 0 Å². The van der Waals surface area contributed by atoms with Gasteiger partial charge < -0.3 is 29.1 Å². The number of nitrogens with two attached hydrogens (primary N) is 1. The molecular formula is C25H37NO6. The monoisotopic (exact) mass is 447 g/mol. The van der Waals surface area contributed by atoms with Gasteiger partial charge in [-0.15, -0.1) is 0 Å². The van der Waals surface area contributed by atoms with Crippen molar-refractivity contribution in [2.75, 3.05) is 26.9 Å². The highest BCUT2D eigenvalue weighted by molar-refractivity contribution is 5.71. The van der Waals surface area contributed by atoms with Crippen LogP contribution in [0.4, 0.5) is 0 Å². The zero-order chi connectivity index (χ0) is 23.3. The van der Waals surface area contributed by atoms with Gasteiger partial charge in [0.1, 0.15) is 11.9 Å². The predicted octanol–water partition coefficient (Wildman–Crippen LogP) is 4.57. The zero-order valence-corrected chi connectivity index (χ0v) is 19.7. The van der Waals surface area contributed by atoms with Crippen molar-refractivity contribution >= 4 is 5.97 Å². The van der Waals surface area contributed by atoms with Crippen LogP contribution in [0.2, 0.25) is 0 Å². The predicted molar refractivity (Wildman–Crippen MR) is 123 cm³/mol. The fourth-order valence-electron chi connectivity index (χ4n) is 3.09. The molecule has 7 heteroatoms. The summed E-state index contributed by atoms with van der Waals surface area (Å²) in [7, 11) is 1.67. The topological polar surface area (TPSA) is 93.2 Å². The molecule has 2 atom stereocenters. The molecule has 2 heterocycles. The Morgan fingerprint density at radius 1 is 1.19 bits per heavy atom. The maximum absolute atomic E-state index is 11.2. The molecular weight excluding hydrogens is 410 g/mol. The van der Waals surface area contributed by atoms with Crippen LogP contribution in [0.5, 0.6) is 5.75 Å². The Bertz CT molecular complexity index is 787. The Morgan fingerprint density at radius 3 is 2.59 bits per heavy atom. The minimum absolute atomic E-state index is 0.189. The molecule has 32 heavy (non-hydrogen) atoms. The van der Waals surface area contributed by atoms with Crippen LogP contribution in [0.15, 0.2) is 41.2 Å². The van der Waals surface area contributed by atoms with Crippen LogP contribution < -0.4 is 10.5 Å². The first-order valence-electron chi connectivity index (χ1n) is 11.2. The third-order valence-corrected chi connectivity index (χ3v) is 4.60. The van der Waals surface area contributed by atoms with E-state index in [2.05, 4.69) is 20.8 Å². The summed E-state index contributed by atoms with van der Waals surface area (Å²) in [6.07, 6.45) is 4.96. The van der Waals surface area contributed by atoms with Gasteiger partial charge in [-0.25, -0.2) is 0 Å². The molecule has 0 aliphatic carbocycles. The van der Waals surface area contributed by atoms with Crippen molar-refractivity contribution in [3.8, 4) is 16.9 Å². The quantitative estimate of drug-likeness (QED) is 0.398. The molecule has 0 saturated carbocycles. The molecule has 1 aliphatic heterocycles. The van der Waals surface area contributed by atoms with Crippen molar-refractivity contribution in [2.45, 2.75) is 58.8 Å². The number of rotatable bonds is 11. The highest BCUT2D eigenvalue weighted by Crippen LogP contribution is 2.32. The third kappa shape index (κ3) is 9.02. The summed E-state index contributed by atoms with van der Waals surface area (Å²) >= 11 is 0. The van der Waals surface area contributed by atoms with Crippen LogP contribution in [0.3, 0.4) is 0 Å². The molecule has 0 amide bonds. The SMILES string of the molecule is CC(C)C.COCCCOc1cc(COCC(N)C2CCC(=O)O2)ccc1-c1ccoc1. The molecule has 3 rings (SSSR count). The van der Waals surface area contributed by atoms with Gasteiger partial charge in [0.15, 0.2) is 0 Å². The molecule has 2 N–H and O–H groups in total. The lowest BCUT2D eigenvalue weighted by Gasteiger charge is -2.18. The van der Waals surface area contributed by atoms with Crippen LogP contribution >= 0.6 is 0 Å². The van der Waals surface area contributed by atoms with Crippen molar-refractivity contribution in [1.82, 2.24) is 0 Å². The van der Waals surface area contributed by atoms with Crippen LogP contribution in [0, 0.1) is 5.92 Å². The number of cyclic esters (lactones) is 1. The first-order chi connectivity index (χ1) is 15.4. The molecule has 1 saturated heterocycles. The molecule has 0 spiro atoms. The van der Waals surface area contributed by atoms with E-state index >= 15 is 0 Å². The summed E-state index contributed by atoms with van der Waals surface area (Å²) in [5, 5.41) is 0. The van der Waals surface area contributed by atoms with Crippen LogP contribution in [-0.2, 0) is 25.6 Å². The molecule has 2 aromatic rings. The number of furan rings is 1. The average Bonchev–Trinajstić information content (AvgIpc) is 3.43. The number of hydrogen-bond acceptors (Lipinski definition) is 7. The van der Waals surface area contributed by atoms with Crippen molar-refractivity contribution in [1.29, 1.82) is 0 Å². The lowest BCUT2D eigenvalue weighted by molar-refractivity contribution is -0.142. The summed E-state index contributed by atoms with van der Waals surface area (Å²) in [4.78, 5) is 11.2. The Hall–Kier alpha value is -2.35. The number of methoxy groups -OCH3 is 1. The first kappa shape index (κ1) is 25.9. The largest absolute Gasteiger partial charge is 0.493 e. The first-order valence-corrected chi connectivity index (χ1v) is 11.2. The lowest BCUT2D eigenvalue weighted by atomic mass is 10.1. The van der Waals surface area contributed by atoms with Crippen LogP contribution in [0.1, 0.15) is 45.6 Å². The van der Waals surface area contributed by atoms with Gasteiger partial charge in [0.25, 0.3) is 0 Å². The number of carbonyl (C=O) groups is 1. The van der Waals surface area contributed by atoms with E-state index in [-0.39, 0.29) is 18.1 Å². The summed E-state index contributed by atoms with van der Waals surface area (Å²) in [6, 6.07) is 7.53. The summed E-state index contributed by atoms with van der Waals surface area (Å²) in [5.41, 5.74) is 8.97. The molecule has 178 valence electrons. The fraction of sp³-hybridized carbons (Fsp3) is 0.560. The molecule has 2 unspecified atom stereocenters. The summed E-state index contributed by atoms with van der Waals surface area (Å²) < 4.78 is 27.2. The van der Waals surface area contributed by atoms with E-state index < -0.39 is 0 Å². The van der Waals surface area contributed by atoms with Gasteiger partial charge in [0, 0.05) is 37.7 Å². The number of carbonyl (C=O) groups excluding carboxylic acids is 1. The molecule has 0 radical (unpaired) electrons. The second-order valence-electron chi connectivity index (χ2n) is 8.52. The normalized spacial score (nSPS) is 16.4. The van der Waals surface area contributed by atoms with Gasteiger partial charge in [-0.1, -0.05) is 32.9 Å². The van der Waals surface area contributed by atoms with E-state index in [0.29, 0.717) is 39.3 Å². The molecule has 7 nitrogen and oxygen atoms in total. The minimum atomic E-state index is -0.318. The zero-order valence-electron chi connectivity index (χ0n) is 19.7. The van der Waals surface area contributed by atoms with Crippen molar-refractivity contribution in [3.05, 3.63) is 42.4 Å².